The number of rotatable bonds is 5. The second kappa shape index (κ2) is 6.13. The van der Waals surface area contributed by atoms with Crippen LogP contribution in [0.1, 0.15) is 25.7 Å². The minimum absolute atomic E-state index is 0.178. The lowest BCUT2D eigenvalue weighted by Gasteiger charge is -2.13. The van der Waals surface area contributed by atoms with Gasteiger partial charge in [-0.25, -0.2) is 4.98 Å². The van der Waals surface area contributed by atoms with Crippen molar-refractivity contribution in [1.29, 1.82) is 0 Å². The van der Waals surface area contributed by atoms with Gasteiger partial charge in [0, 0.05) is 6.54 Å². The van der Waals surface area contributed by atoms with Crippen LogP contribution in [0, 0.1) is 0 Å². The molecule has 21 heavy (non-hydrogen) atoms. The lowest BCUT2D eigenvalue weighted by atomic mass is 10.2. The first-order chi connectivity index (χ1) is 10.2. The number of fused-ring (bicyclic) bond motifs is 1. The van der Waals surface area contributed by atoms with Crippen LogP contribution in [0.5, 0.6) is 0 Å². The van der Waals surface area contributed by atoms with Crippen LogP contribution >= 0.6 is 0 Å². The summed E-state index contributed by atoms with van der Waals surface area (Å²) in [7, 11) is 0. The zero-order valence-electron chi connectivity index (χ0n) is 11.9. The number of H-pyrrole nitrogens is 1. The van der Waals surface area contributed by atoms with Crippen LogP contribution in [0.2, 0.25) is 0 Å². The van der Waals surface area contributed by atoms with Gasteiger partial charge in [-0.05, 0) is 25.0 Å². The van der Waals surface area contributed by atoms with Gasteiger partial charge in [-0.2, -0.15) is 0 Å². The Balaban J connectivity index is 1.63. The van der Waals surface area contributed by atoms with E-state index in [0.29, 0.717) is 35.8 Å². The highest BCUT2D eigenvalue weighted by Gasteiger charge is 2.14. The molecule has 1 saturated carbocycles. The summed E-state index contributed by atoms with van der Waals surface area (Å²) in [4.78, 5) is 18.4. The standard InChI is InChI=1S/C15H20N4O2/c16-12-7-11-13(18-9-19-15(11)20)8-14(12)17-5-6-21-10-3-1-2-4-10/h7-10,17H,1-6,16H2,(H,18,19,20). The lowest BCUT2D eigenvalue weighted by molar-refractivity contribution is 0.0659. The molecule has 4 N–H and O–H groups in total. The maximum atomic E-state index is 11.7. The second-order valence-electron chi connectivity index (χ2n) is 5.39. The molecule has 0 amide bonds. The molecule has 0 spiro atoms. The van der Waals surface area contributed by atoms with E-state index in [1.807, 2.05) is 0 Å². The molecule has 6 nitrogen and oxygen atoms in total. The van der Waals surface area contributed by atoms with Gasteiger partial charge in [-0.3, -0.25) is 4.79 Å². The Labute approximate surface area is 122 Å². The fourth-order valence-electron chi connectivity index (χ4n) is 2.75. The van der Waals surface area contributed by atoms with Crippen LogP contribution in [0.3, 0.4) is 0 Å². The maximum absolute atomic E-state index is 11.7. The lowest BCUT2D eigenvalue weighted by Crippen LogP contribution is -2.16. The molecule has 1 aliphatic carbocycles. The SMILES string of the molecule is Nc1cc2c(=O)[nH]cnc2cc1NCCOC1CCCC1. The van der Waals surface area contributed by atoms with E-state index in [2.05, 4.69) is 15.3 Å². The summed E-state index contributed by atoms with van der Waals surface area (Å²) in [5, 5.41) is 3.75. The first-order valence-corrected chi connectivity index (χ1v) is 7.36. The first-order valence-electron chi connectivity index (χ1n) is 7.36. The quantitative estimate of drug-likeness (QED) is 0.577. The Kier molecular flexibility index (Phi) is 4.06. The molecular weight excluding hydrogens is 268 g/mol. The number of aromatic nitrogens is 2. The van der Waals surface area contributed by atoms with Crippen LogP contribution in [0.15, 0.2) is 23.3 Å². The molecule has 1 fully saturated rings. The molecule has 0 atom stereocenters. The molecular formula is C15H20N4O2. The van der Waals surface area contributed by atoms with E-state index in [1.165, 1.54) is 32.0 Å². The van der Waals surface area contributed by atoms with Crippen molar-refractivity contribution >= 4 is 22.3 Å². The molecule has 0 aliphatic heterocycles. The molecule has 0 saturated heterocycles. The van der Waals surface area contributed by atoms with Gasteiger partial charge in [0.15, 0.2) is 0 Å². The highest BCUT2D eigenvalue weighted by molar-refractivity contribution is 5.88. The summed E-state index contributed by atoms with van der Waals surface area (Å²) < 4.78 is 5.80. The monoisotopic (exact) mass is 288 g/mol. The van der Waals surface area contributed by atoms with Crippen LogP contribution in [-0.2, 0) is 4.74 Å². The van der Waals surface area contributed by atoms with Crippen LogP contribution in [-0.4, -0.2) is 29.2 Å². The number of nitrogens with zero attached hydrogens (tertiary/aromatic N) is 1. The molecule has 1 aromatic carbocycles. The van der Waals surface area contributed by atoms with Crippen molar-refractivity contribution < 1.29 is 4.74 Å². The third kappa shape index (κ3) is 3.16. The van der Waals surface area contributed by atoms with Crippen molar-refractivity contribution in [2.75, 3.05) is 24.2 Å². The highest BCUT2D eigenvalue weighted by Crippen LogP contribution is 2.23. The van der Waals surface area contributed by atoms with Crippen molar-refractivity contribution in [3.63, 3.8) is 0 Å². The molecule has 0 radical (unpaired) electrons. The van der Waals surface area contributed by atoms with Gasteiger partial charge < -0.3 is 20.8 Å². The zero-order valence-corrected chi connectivity index (χ0v) is 11.9. The summed E-state index contributed by atoms with van der Waals surface area (Å²) in [6.07, 6.45) is 6.70. The average Bonchev–Trinajstić information content (AvgIpc) is 2.98. The highest BCUT2D eigenvalue weighted by atomic mass is 16.5. The fourth-order valence-corrected chi connectivity index (χ4v) is 2.75. The number of hydrogen-bond acceptors (Lipinski definition) is 5. The molecule has 2 aromatic rings. The van der Waals surface area contributed by atoms with E-state index in [0.717, 1.165) is 5.69 Å². The minimum atomic E-state index is -0.178. The van der Waals surface area contributed by atoms with E-state index >= 15 is 0 Å². The molecule has 3 rings (SSSR count). The number of nitrogen functional groups attached to an aromatic ring is 1. The molecule has 112 valence electrons. The summed E-state index contributed by atoms with van der Waals surface area (Å²) in [6.45, 7) is 1.35. The van der Waals surface area contributed by atoms with E-state index in [4.69, 9.17) is 10.5 Å². The van der Waals surface area contributed by atoms with Crippen molar-refractivity contribution in [2.45, 2.75) is 31.8 Å². The zero-order chi connectivity index (χ0) is 14.7. The predicted octanol–water partition coefficient (Wildman–Crippen LogP) is 1.88. The van der Waals surface area contributed by atoms with Crippen molar-refractivity contribution in [1.82, 2.24) is 9.97 Å². The van der Waals surface area contributed by atoms with E-state index in [-0.39, 0.29) is 5.56 Å². The van der Waals surface area contributed by atoms with E-state index in [9.17, 15) is 4.79 Å². The molecule has 0 unspecified atom stereocenters. The van der Waals surface area contributed by atoms with Gasteiger partial charge in [-0.1, -0.05) is 12.8 Å². The number of nitrogens with one attached hydrogen (secondary N) is 2. The summed E-state index contributed by atoms with van der Waals surface area (Å²) in [5.41, 5.74) is 7.76. The Morgan fingerprint density at radius 3 is 3.00 bits per heavy atom. The Hall–Kier alpha value is -2.08. The van der Waals surface area contributed by atoms with Gasteiger partial charge in [0.25, 0.3) is 5.56 Å². The Bertz CT molecular complexity index is 677. The third-order valence-corrected chi connectivity index (χ3v) is 3.89. The number of aromatic amines is 1. The van der Waals surface area contributed by atoms with E-state index in [1.54, 1.807) is 12.1 Å². The number of hydrogen-bond donors (Lipinski definition) is 3. The van der Waals surface area contributed by atoms with Crippen molar-refractivity contribution in [2.24, 2.45) is 0 Å². The number of ether oxygens (including phenoxy) is 1. The topological polar surface area (TPSA) is 93.0 Å². The van der Waals surface area contributed by atoms with Gasteiger partial charge in [0.1, 0.15) is 0 Å². The van der Waals surface area contributed by atoms with Crippen LogP contribution < -0.4 is 16.6 Å². The van der Waals surface area contributed by atoms with Crippen LogP contribution in [0.25, 0.3) is 10.9 Å². The third-order valence-electron chi connectivity index (χ3n) is 3.89. The molecule has 1 aromatic heterocycles. The van der Waals surface area contributed by atoms with Gasteiger partial charge in [-0.15, -0.1) is 0 Å². The predicted molar refractivity (Wildman–Crippen MR) is 83.5 cm³/mol. The Morgan fingerprint density at radius 2 is 2.19 bits per heavy atom. The van der Waals surface area contributed by atoms with Crippen molar-refractivity contribution in [3.8, 4) is 0 Å². The number of anilines is 2. The molecule has 0 bridgehead atoms. The van der Waals surface area contributed by atoms with Gasteiger partial charge in [0.05, 0.1) is 41.3 Å². The van der Waals surface area contributed by atoms with Crippen LogP contribution in [0.4, 0.5) is 11.4 Å². The normalized spacial score (nSPS) is 15.6. The maximum Gasteiger partial charge on any atom is 0.258 e. The largest absolute Gasteiger partial charge is 0.397 e. The Morgan fingerprint density at radius 1 is 1.38 bits per heavy atom. The summed E-state index contributed by atoms with van der Waals surface area (Å²) >= 11 is 0. The number of benzene rings is 1. The molecule has 1 heterocycles. The van der Waals surface area contributed by atoms with Gasteiger partial charge >= 0.3 is 0 Å². The first kappa shape index (κ1) is 13.9. The summed E-state index contributed by atoms with van der Waals surface area (Å²) in [5.74, 6) is 0. The fraction of sp³-hybridized carbons (Fsp3) is 0.467. The smallest absolute Gasteiger partial charge is 0.258 e. The minimum Gasteiger partial charge on any atom is -0.397 e. The average molecular weight is 288 g/mol. The second-order valence-corrected chi connectivity index (χ2v) is 5.39. The number of nitrogens with two attached hydrogens (primary N) is 1. The molecule has 1 aliphatic rings. The van der Waals surface area contributed by atoms with E-state index < -0.39 is 0 Å². The van der Waals surface area contributed by atoms with Gasteiger partial charge in [0.2, 0.25) is 0 Å². The molecule has 6 heteroatoms. The summed E-state index contributed by atoms with van der Waals surface area (Å²) in [6, 6.07) is 3.46. The van der Waals surface area contributed by atoms with Crippen molar-refractivity contribution in [3.05, 3.63) is 28.8 Å².